The Balaban J connectivity index is 1.32. The number of carbonyl (C=O) groups is 1. The first-order chi connectivity index (χ1) is 17.9. The summed E-state index contributed by atoms with van der Waals surface area (Å²) in [4.78, 5) is 18.5. The summed E-state index contributed by atoms with van der Waals surface area (Å²) in [5.41, 5.74) is 2.46. The zero-order valence-electron chi connectivity index (χ0n) is 21.1. The minimum Gasteiger partial charge on any atom is -0.493 e. The van der Waals surface area contributed by atoms with Crippen molar-refractivity contribution >= 4 is 16.8 Å². The topological polar surface area (TPSA) is 45.3 Å². The number of fused-ring (bicyclic) bond motifs is 3. The minimum absolute atomic E-state index is 0.0597. The van der Waals surface area contributed by atoms with Gasteiger partial charge in [-0.15, -0.1) is 0 Å². The van der Waals surface area contributed by atoms with Gasteiger partial charge in [0.1, 0.15) is 23.4 Å². The van der Waals surface area contributed by atoms with E-state index in [-0.39, 0.29) is 35.9 Å². The Morgan fingerprint density at radius 1 is 1.08 bits per heavy atom. The van der Waals surface area contributed by atoms with Gasteiger partial charge in [0, 0.05) is 41.2 Å². The van der Waals surface area contributed by atoms with Crippen molar-refractivity contribution in [2.24, 2.45) is 17.8 Å². The van der Waals surface area contributed by atoms with Crippen molar-refractivity contribution in [1.29, 1.82) is 0 Å². The summed E-state index contributed by atoms with van der Waals surface area (Å²) >= 11 is 0. The van der Waals surface area contributed by atoms with Crippen LogP contribution in [0.4, 0.5) is 13.2 Å². The molecule has 6 rings (SSSR count). The Morgan fingerprint density at radius 3 is 2.51 bits per heavy atom. The van der Waals surface area contributed by atoms with Crippen molar-refractivity contribution in [2.45, 2.75) is 64.0 Å². The fourth-order valence-corrected chi connectivity index (χ4v) is 6.29. The molecule has 7 heteroatoms. The second-order valence-electron chi connectivity index (χ2n) is 11.3. The molecule has 3 aromatic rings. The number of halogens is 3. The number of alkyl halides is 1. The van der Waals surface area contributed by atoms with Crippen LogP contribution in [0.3, 0.4) is 0 Å². The van der Waals surface area contributed by atoms with E-state index in [2.05, 4.69) is 4.98 Å². The Labute approximate surface area is 215 Å². The number of para-hydroxylation sites is 1. The number of ether oxygens (including phenoxy) is 1. The SMILES string of the molecule is C[C@@H]1Cc2c([nH]c3ccccc23)[C@@H](c2c(F)cc(OCCC3CC(CF)C3)cc2F)N1C(=O)CC1CC1. The Hall–Kier alpha value is -2.96. The Morgan fingerprint density at radius 2 is 1.81 bits per heavy atom. The standard InChI is InChI=1S/C30H33F3N2O2/c1-17-10-23-22-4-2-3-5-26(22)34-29(23)30(35(17)27(36)13-18-6-7-18)28-24(32)14-21(15-25(28)33)37-9-8-19-11-20(12-19)16-31/h2-5,14-15,17-20,30,34H,6-13,16H2,1H3/t17-,19?,20?,30-/m1/s1. The molecule has 1 aliphatic heterocycles. The predicted octanol–water partition coefficient (Wildman–Crippen LogP) is 6.87. The van der Waals surface area contributed by atoms with E-state index in [1.807, 2.05) is 31.2 Å². The van der Waals surface area contributed by atoms with E-state index in [0.29, 0.717) is 37.0 Å². The van der Waals surface area contributed by atoms with Crippen LogP contribution in [0.2, 0.25) is 0 Å². The molecule has 196 valence electrons. The molecule has 2 saturated carbocycles. The first-order valence-electron chi connectivity index (χ1n) is 13.5. The number of amides is 1. The molecule has 1 amide bonds. The van der Waals surface area contributed by atoms with Gasteiger partial charge < -0.3 is 14.6 Å². The zero-order valence-corrected chi connectivity index (χ0v) is 21.1. The van der Waals surface area contributed by atoms with Gasteiger partial charge in [-0.1, -0.05) is 18.2 Å². The summed E-state index contributed by atoms with van der Waals surface area (Å²) in [7, 11) is 0. The van der Waals surface area contributed by atoms with Crippen molar-refractivity contribution in [2.75, 3.05) is 13.3 Å². The van der Waals surface area contributed by atoms with Gasteiger partial charge in [-0.2, -0.15) is 0 Å². The maximum Gasteiger partial charge on any atom is 0.223 e. The van der Waals surface area contributed by atoms with Crippen LogP contribution in [-0.4, -0.2) is 35.1 Å². The summed E-state index contributed by atoms with van der Waals surface area (Å²) in [5.74, 6) is -0.437. The first kappa shape index (κ1) is 24.4. The van der Waals surface area contributed by atoms with Gasteiger partial charge >= 0.3 is 0 Å². The molecule has 0 saturated heterocycles. The van der Waals surface area contributed by atoms with Crippen molar-refractivity contribution in [1.82, 2.24) is 9.88 Å². The number of H-pyrrole nitrogens is 1. The average Bonchev–Trinajstić information content (AvgIpc) is 3.58. The third kappa shape index (κ3) is 4.62. The van der Waals surface area contributed by atoms with Gasteiger partial charge in [-0.05, 0) is 74.8 Å². The second-order valence-corrected chi connectivity index (χ2v) is 11.3. The predicted molar refractivity (Wildman–Crippen MR) is 136 cm³/mol. The largest absolute Gasteiger partial charge is 0.493 e. The van der Waals surface area contributed by atoms with Gasteiger partial charge in [0.15, 0.2) is 0 Å². The molecule has 2 atom stereocenters. The average molecular weight is 511 g/mol. The van der Waals surface area contributed by atoms with E-state index in [1.54, 1.807) is 4.90 Å². The van der Waals surface area contributed by atoms with Crippen molar-refractivity contribution in [3.8, 4) is 5.75 Å². The van der Waals surface area contributed by atoms with Crippen LogP contribution in [0.5, 0.6) is 5.75 Å². The quantitative estimate of drug-likeness (QED) is 0.359. The maximum atomic E-state index is 15.7. The third-order valence-electron chi connectivity index (χ3n) is 8.49. The van der Waals surface area contributed by atoms with Crippen molar-refractivity contribution in [3.63, 3.8) is 0 Å². The summed E-state index contributed by atoms with van der Waals surface area (Å²) < 4.78 is 49.8. The number of rotatable bonds is 8. The molecular formula is C30H33F3N2O2. The van der Waals surface area contributed by atoms with Crippen LogP contribution >= 0.6 is 0 Å². The molecule has 3 aliphatic rings. The minimum atomic E-state index is -0.876. The summed E-state index contributed by atoms with van der Waals surface area (Å²) in [6.07, 6.45) is 5.52. The lowest BCUT2D eigenvalue weighted by molar-refractivity contribution is -0.136. The van der Waals surface area contributed by atoms with Crippen LogP contribution in [0.25, 0.3) is 10.9 Å². The highest BCUT2D eigenvalue weighted by Crippen LogP contribution is 2.44. The molecule has 0 bridgehead atoms. The molecule has 2 fully saturated rings. The summed E-state index contributed by atoms with van der Waals surface area (Å²) in [6, 6.07) is 9.23. The van der Waals surface area contributed by atoms with Gasteiger partial charge in [-0.25, -0.2) is 8.78 Å². The number of nitrogens with zero attached hydrogens (tertiary/aromatic N) is 1. The van der Waals surface area contributed by atoms with Gasteiger partial charge in [0.25, 0.3) is 0 Å². The second kappa shape index (κ2) is 9.73. The number of benzene rings is 2. The van der Waals surface area contributed by atoms with Gasteiger partial charge in [0.2, 0.25) is 5.91 Å². The highest BCUT2D eigenvalue weighted by Gasteiger charge is 2.42. The fraction of sp³-hybridized carbons (Fsp3) is 0.500. The molecule has 1 N–H and O–H groups in total. The summed E-state index contributed by atoms with van der Waals surface area (Å²) in [5, 5.41) is 1.02. The molecule has 0 radical (unpaired) electrons. The zero-order chi connectivity index (χ0) is 25.7. The number of aromatic nitrogens is 1. The molecular weight excluding hydrogens is 477 g/mol. The van der Waals surface area contributed by atoms with Crippen LogP contribution in [0, 0.1) is 29.4 Å². The lowest BCUT2D eigenvalue weighted by Gasteiger charge is -2.41. The normalized spacial score (nSPS) is 25.1. The first-order valence-corrected chi connectivity index (χ1v) is 13.5. The van der Waals surface area contributed by atoms with Crippen LogP contribution in [0.15, 0.2) is 36.4 Å². The highest BCUT2D eigenvalue weighted by atomic mass is 19.1. The Kier molecular flexibility index (Phi) is 6.41. The maximum absolute atomic E-state index is 15.7. The summed E-state index contributed by atoms with van der Waals surface area (Å²) in [6.45, 7) is 2.01. The van der Waals surface area contributed by atoms with E-state index in [0.717, 1.165) is 48.6 Å². The monoisotopic (exact) mass is 510 g/mol. The number of hydrogen-bond acceptors (Lipinski definition) is 2. The van der Waals surface area contributed by atoms with Gasteiger partial charge in [0.05, 0.1) is 18.8 Å². The van der Waals surface area contributed by atoms with Crippen LogP contribution in [-0.2, 0) is 11.2 Å². The molecule has 2 aliphatic carbocycles. The van der Waals surface area contributed by atoms with E-state index in [1.165, 1.54) is 12.1 Å². The molecule has 2 heterocycles. The number of carbonyl (C=O) groups excluding carboxylic acids is 1. The lowest BCUT2D eigenvalue weighted by atomic mass is 9.74. The smallest absolute Gasteiger partial charge is 0.223 e. The molecule has 4 nitrogen and oxygen atoms in total. The Bertz CT molecular complexity index is 1290. The molecule has 0 spiro atoms. The van der Waals surface area contributed by atoms with Crippen molar-refractivity contribution < 1.29 is 22.7 Å². The molecule has 0 unspecified atom stereocenters. The third-order valence-corrected chi connectivity index (χ3v) is 8.49. The molecule has 1 aromatic heterocycles. The number of hydrogen-bond donors (Lipinski definition) is 1. The van der Waals surface area contributed by atoms with E-state index in [4.69, 9.17) is 4.74 Å². The van der Waals surface area contributed by atoms with E-state index < -0.39 is 17.7 Å². The fourth-order valence-electron chi connectivity index (χ4n) is 6.29. The number of nitrogens with one attached hydrogen (secondary N) is 1. The van der Waals surface area contributed by atoms with Gasteiger partial charge in [-0.3, -0.25) is 9.18 Å². The molecule has 37 heavy (non-hydrogen) atoms. The van der Waals surface area contributed by atoms with Crippen molar-refractivity contribution in [3.05, 3.63) is 64.9 Å². The molecule has 2 aromatic carbocycles. The highest BCUT2D eigenvalue weighted by molar-refractivity contribution is 5.87. The van der Waals surface area contributed by atoms with E-state index in [9.17, 15) is 9.18 Å². The lowest BCUT2D eigenvalue weighted by Crippen LogP contribution is -2.47. The number of aromatic amines is 1. The van der Waals surface area contributed by atoms with Crippen LogP contribution < -0.4 is 4.74 Å². The van der Waals surface area contributed by atoms with E-state index >= 15 is 8.78 Å². The van der Waals surface area contributed by atoms with Crippen LogP contribution in [0.1, 0.15) is 68.3 Å².